The molecule has 0 spiro atoms. The molecule has 3 nitrogen and oxygen atoms in total. The molecule has 0 heterocycles. The van der Waals surface area contributed by atoms with Gasteiger partial charge in [-0.15, -0.1) is 0 Å². The van der Waals surface area contributed by atoms with Crippen LogP contribution in [0.5, 0.6) is 0 Å². The average Bonchev–Trinajstić information content (AvgIpc) is 2.53. The Morgan fingerprint density at radius 3 is 2.12 bits per heavy atom. The Bertz CT molecular complexity index is 257. The van der Waals surface area contributed by atoms with Crippen LogP contribution in [-0.2, 0) is 4.79 Å². The molecule has 1 unspecified atom stereocenters. The Kier molecular flexibility index (Phi) is 3.68. The van der Waals surface area contributed by atoms with E-state index in [9.17, 15) is 4.79 Å². The lowest BCUT2D eigenvalue weighted by atomic mass is 10.0. The third-order valence-corrected chi connectivity index (χ3v) is 4.53. The molecule has 0 bridgehead atoms. The maximum Gasteiger partial charge on any atom is 0.320 e. The third-order valence-electron chi connectivity index (χ3n) is 4.53. The normalized spacial score (nSPS) is 24.1. The highest BCUT2D eigenvalue weighted by molar-refractivity contribution is 5.73. The molecule has 1 saturated carbocycles. The van der Waals surface area contributed by atoms with Crippen LogP contribution in [0.15, 0.2) is 0 Å². The number of unbranched alkanes of at least 4 members (excludes halogenated alkanes) is 1. The molecule has 16 heavy (non-hydrogen) atoms. The van der Waals surface area contributed by atoms with Gasteiger partial charge in [0.1, 0.15) is 6.04 Å². The first-order valence-electron chi connectivity index (χ1n) is 6.24. The molecule has 0 radical (unpaired) electrons. The van der Waals surface area contributed by atoms with E-state index in [1.807, 2.05) is 0 Å². The fourth-order valence-corrected chi connectivity index (χ4v) is 2.50. The lowest BCUT2D eigenvalue weighted by Crippen LogP contribution is -2.40. The van der Waals surface area contributed by atoms with Gasteiger partial charge in [-0.1, -0.05) is 47.5 Å². The lowest BCUT2D eigenvalue weighted by Gasteiger charge is -2.15. The number of carboxylic acid groups (broad SMARTS) is 1. The smallest absolute Gasteiger partial charge is 0.320 e. The van der Waals surface area contributed by atoms with Crippen LogP contribution >= 0.6 is 0 Å². The Hall–Kier alpha value is -0.570. The number of aliphatic carboxylic acids is 1. The second-order valence-corrected chi connectivity index (χ2v) is 6.08. The van der Waals surface area contributed by atoms with E-state index >= 15 is 0 Å². The molecule has 0 aromatic carbocycles. The lowest BCUT2D eigenvalue weighted by molar-refractivity contribution is -0.139. The predicted octanol–water partition coefficient (Wildman–Crippen LogP) is 2.65. The highest BCUT2D eigenvalue weighted by Crippen LogP contribution is 2.62. The molecule has 1 atom stereocenters. The van der Waals surface area contributed by atoms with Gasteiger partial charge in [0.05, 0.1) is 0 Å². The topological polar surface area (TPSA) is 49.3 Å². The maximum atomic E-state index is 11.1. The number of hydrogen-bond acceptors (Lipinski definition) is 2. The molecule has 0 saturated heterocycles. The summed E-state index contributed by atoms with van der Waals surface area (Å²) in [6.45, 7) is 10.9. The standard InChI is InChI=1S/C13H25NO2/c1-6-7-8-9(10(15)16)14-11-12(2,3)13(11,4)5/h9,11,14H,6-8H2,1-5H3,(H,15,16). The third kappa shape index (κ3) is 2.24. The Balaban J connectivity index is 2.55. The summed E-state index contributed by atoms with van der Waals surface area (Å²) in [5, 5.41) is 12.5. The van der Waals surface area contributed by atoms with E-state index in [4.69, 9.17) is 5.11 Å². The summed E-state index contributed by atoms with van der Waals surface area (Å²) in [5.74, 6) is -0.716. The minimum atomic E-state index is -0.716. The van der Waals surface area contributed by atoms with E-state index in [2.05, 4.69) is 39.9 Å². The maximum absolute atomic E-state index is 11.1. The van der Waals surface area contributed by atoms with Crippen LogP contribution in [0.25, 0.3) is 0 Å². The van der Waals surface area contributed by atoms with Gasteiger partial charge < -0.3 is 10.4 Å². The van der Waals surface area contributed by atoms with Crippen LogP contribution < -0.4 is 5.32 Å². The van der Waals surface area contributed by atoms with Crippen molar-refractivity contribution < 1.29 is 9.90 Å². The number of hydrogen-bond donors (Lipinski definition) is 2. The summed E-state index contributed by atoms with van der Waals surface area (Å²) in [6.07, 6.45) is 2.74. The molecular formula is C13H25NO2. The van der Waals surface area contributed by atoms with E-state index in [1.54, 1.807) is 0 Å². The summed E-state index contributed by atoms with van der Waals surface area (Å²) in [5.41, 5.74) is 0.403. The zero-order valence-electron chi connectivity index (χ0n) is 11.1. The van der Waals surface area contributed by atoms with Gasteiger partial charge in [-0.25, -0.2) is 0 Å². The zero-order valence-corrected chi connectivity index (χ0v) is 11.1. The minimum absolute atomic E-state index is 0.201. The van der Waals surface area contributed by atoms with Crippen molar-refractivity contribution in [1.29, 1.82) is 0 Å². The highest BCUT2D eigenvalue weighted by atomic mass is 16.4. The minimum Gasteiger partial charge on any atom is -0.480 e. The van der Waals surface area contributed by atoms with Gasteiger partial charge in [0.2, 0.25) is 0 Å². The van der Waals surface area contributed by atoms with E-state index in [1.165, 1.54) is 0 Å². The van der Waals surface area contributed by atoms with Crippen molar-refractivity contribution in [3.8, 4) is 0 Å². The van der Waals surface area contributed by atoms with E-state index in [0.717, 1.165) is 19.3 Å². The van der Waals surface area contributed by atoms with Gasteiger partial charge >= 0.3 is 5.97 Å². The molecule has 0 amide bonds. The monoisotopic (exact) mass is 227 g/mol. The molecule has 2 N–H and O–H groups in total. The fraction of sp³-hybridized carbons (Fsp3) is 0.923. The van der Waals surface area contributed by atoms with Crippen molar-refractivity contribution in [2.45, 2.75) is 66.0 Å². The van der Waals surface area contributed by atoms with Crippen molar-refractivity contribution in [2.24, 2.45) is 10.8 Å². The van der Waals surface area contributed by atoms with Crippen molar-refractivity contribution >= 4 is 5.97 Å². The van der Waals surface area contributed by atoms with Gasteiger partial charge in [-0.05, 0) is 17.3 Å². The second kappa shape index (κ2) is 4.36. The molecule has 1 aliphatic rings. The van der Waals surface area contributed by atoms with Gasteiger partial charge in [-0.3, -0.25) is 4.79 Å². The largest absolute Gasteiger partial charge is 0.480 e. The van der Waals surface area contributed by atoms with Crippen molar-refractivity contribution in [3.05, 3.63) is 0 Å². The molecule has 1 fully saturated rings. The zero-order chi connectivity index (χ0) is 12.6. The van der Waals surface area contributed by atoms with Crippen molar-refractivity contribution in [3.63, 3.8) is 0 Å². The molecule has 0 aromatic heterocycles. The van der Waals surface area contributed by atoms with E-state index < -0.39 is 5.97 Å². The van der Waals surface area contributed by atoms with Crippen LogP contribution in [0.3, 0.4) is 0 Å². The SMILES string of the molecule is CCCCC(NC1C(C)(C)C1(C)C)C(=O)O. The Labute approximate surface area is 98.6 Å². The average molecular weight is 227 g/mol. The van der Waals surface area contributed by atoms with Crippen molar-refractivity contribution in [1.82, 2.24) is 5.32 Å². The molecule has 0 aliphatic heterocycles. The number of nitrogens with one attached hydrogen (secondary N) is 1. The van der Waals surface area contributed by atoms with Gasteiger partial charge in [-0.2, -0.15) is 0 Å². The first-order valence-corrected chi connectivity index (χ1v) is 6.24. The fourth-order valence-electron chi connectivity index (χ4n) is 2.50. The molecule has 3 heteroatoms. The molecule has 94 valence electrons. The van der Waals surface area contributed by atoms with Gasteiger partial charge in [0.25, 0.3) is 0 Å². The Morgan fingerprint density at radius 1 is 1.31 bits per heavy atom. The van der Waals surface area contributed by atoms with Crippen LogP contribution in [-0.4, -0.2) is 23.2 Å². The second-order valence-electron chi connectivity index (χ2n) is 6.08. The van der Waals surface area contributed by atoms with Crippen LogP contribution in [0, 0.1) is 10.8 Å². The summed E-state index contributed by atoms with van der Waals surface area (Å²) in [4.78, 5) is 11.1. The predicted molar refractivity (Wildman–Crippen MR) is 65.4 cm³/mol. The van der Waals surface area contributed by atoms with Gasteiger partial charge in [0.15, 0.2) is 0 Å². The number of rotatable bonds is 6. The highest BCUT2D eigenvalue weighted by Gasteiger charge is 2.65. The van der Waals surface area contributed by atoms with Crippen LogP contribution in [0.1, 0.15) is 53.9 Å². The first-order chi connectivity index (χ1) is 7.25. The summed E-state index contributed by atoms with van der Waals surface area (Å²) in [7, 11) is 0. The first kappa shape index (κ1) is 13.5. The van der Waals surface area contributed by atoms with E-state index in [-0.39, 0.29) is 16.9 Å². The van der Waals surface area contributed by atoms with E-state index in [0.29, 0.717) is 6.04 Å². The molecular weight excluding hydrogens is 202 g/mol. The summed E-state index contributed by atoms with van der Waals surface area (Å²) < 4.78 is 0. The molecule has 1 aliphatic carbocycles. The quantitative estimate of drug-likeness (QED) is 0.733. The molecule has 0 aromatic rings. The van der Waals surface area contributed by atoms with Crippen LogP contribution in [0.2, 0.25) is 0 Å². The Morgan fingerprint density at radius 2 is 1.81 bits per heavy atom. The van der Waals surface area contributed by atoms with Gasteiger partial charge in [0, 0.05) is 6.04 Å². The number of carboxylic acids is 1. The van der Waals surface area contributed by atoms with Crippen molar-refractivity contribution in [2.75, 3.05) is 0 Å². The van der Waals surface area contributed by atoms with Crippen LogP contribution in [0.4, 0.5) is 0 Å². The molecule has 1 rings (SSSR count). The summed E-state index contributed by atoms with van der Waals surface area (Å²) >= 11 is 0. The number of carbonyl (C=O) groups is 1. The summed E-state index contributed by atoms with van der Waals surface area (Å²) in [6, 6.07) is -0.0658.